The quantitative estimate of drug-likeness (QED) is 0.392. The maximum Gasteiger partial charge on any atom is 0.157 e. The Balaban J connectivity index is 1.78. The topological polar surface area (TPSA) is 18.5 Å². The Hall–Kier alpha value is -0.960. The highest BCUT2D eigenvalue weighted by molar-refractivity contribution is 4.98. The molecule has 2 heteroatoms. The summed E-state index contributed by atoms with van der Waals surface area (Å²) >= 11 is 0. The van der Waals surface area contributed by atoms with E-state index in [9.17, 15) is 0 Å². The Kier molecular flexibility index (Phi) is 13.0. The maximum atomic E-state index is 5.70. The Bertz CT molecular complexity index is 339. The van der Waals surface area contributed by atoms with Crippen molar-refractivity contribution in [1.29, 1.82) is 0 Å². The third kappa shape index (κ3) is 11.7. The van der Waals surface area contributed by atoms with Crippen LogP contribution in [0.15, 0.2) is 0 Å². The van der Waals surface area contributed by atoms with Gasteiger partial charge in [-0.1, -0.05) is 19.3 Å². The summed E-state index contributed by atoms with van der Waals surface area (Å²) in [5.41, 5.74) is 0. The van der Waals surface area contributed by atoms with Gasteiger partial charge in [0.05, 0.1) is 0 Å². The Morgan fingerprint density at radius 3 is 2.23 bits per heavy atom. The summed E-state index contributed by atoms with van der Waals surface area (Å²) in [6.45, 7) is 1.67. The van der Waals surface area contributed by atoms with Crippen LogP contribution in [0.3, 0.4) is 0 Å². The second kappa shape index (κ2) is 15.0. The maximum absolute atomic E-state index is 5.70. The minimum absolute atomic E-state index is 0.0560. The molecule has 1 rings (SSSR count). The molecule has 2 nitrogen and oxygen atoms in total. The van der Waals surface area contributed by atoms with Crippen molar-refractivity contribution in [2.75, 3.05) is 13.2 Å². The minimum atomic E-state index is 0.0560. The molecule has 124 valence electrons. The first-order chi connectivity index (χ1) is 10.9. The van der Waals surface area contributed by atoms with Gasteiger partial charge in [0.2, 0.25) is 0 Å². The fraction of sp³-hybridized carbons (Fsp3) is 0.800. The first-order valence-corrected chi connectivity index (χ1v) is 9.06. The molecule has 0 bridgehead atoms. The molecule has 1 saturated heterocycles. The monoisotopic (exact) mass is 304 g/mol. The molecule has 0 aromatic heterocycles. The largest absolute Gasteiger partial charge is 0.353 e. The molecular weight excluding hydrogens is 272 g/mol. The third-order valence-electron chi connectivity index (χ3n) is 3.89. The predicted molar refractivity (Wildman–Crippen MR) is 92.3 cm³/mol. The smallest absolute Gasteiger partial charge is 0.157 e. The van der Waals surface area contributed by atoms with E-state index >= 15 is 0 Å². The molecule has 0 spiro atoms. The lowest BCUT2D eigenvalue weighted by Gasteiger charge is -2.22. The number of terminal acetylenes is 1. The lowest BCUT2D eigenvalue weighted by molar-refractivity contribution is -0.162. The molecule has 0 saturated carbocycles. The van der Waals surface area contributed by atoms with Crippen LogP contribution in [0.1, 0.15) is 83.5 Å². The average molecular weight is 304 g/mol. The summed E-state index contributed by atoms with van der Waals surface area (Å²) in [5.74, 6) is 9.24. The summed E-state index contributed by atoms with van der Waals surface area (Å²) in [6, 6.07) is 0. The van der Waals surface area contributed by atoms with E-state index in [1.807, 2.05) is 0 Å². The lowest BCUT2D eigenvalue weighted by Crippen LogP contribution is -2.22. The SMILES string of the molecule is C#CCCCCCCCC#CCCCCOC1CCCCO1. The molecule has 1 aliphatic heterocycles. The zero-order valence-corrected chi connectivity index (χ0v) is 14.1. The summed E-state index contributed by atoms with van der Waals surface area (Å²) in [4.78, 5) is 0. The average Bonchev–Trinajstić information content (AvgIpc) is 2.56. The molecular formula is C20H32O2. The summed E-state index contributed by atoms with van der Waals surface area (Å²) < 4.78 is 11.2. The summed E-state index contributed by atoms with van der Waals surface area (Å²) in [5, 5.41) is 0. The molecule has 0 N–H and O–H groups in total. The molecule has 1 fully saturated rings. The Morgan fingerprint density at radius 2 is 1.55 bits per heavy atom. The second-order valence-corrected chi connectivity index (χ2v) is 5.95. The number of unbranched alkanes of at least 4 members (excludes halogenated alkanes) is 8. The highest BCUT2D eigenvalue weighted by Crippen LogP contribution is 2.14. The van der Waals surface area contributed by atoms with Gasteiger partial charge >= 0.3 is 0 Å². The number of rotatable bonds is 11. The molecule has 0 amide bonds. The van der Waals surface area contributed by atoms with Crippen LogP contribution in [-0.2, 0) is 9.47 Å². The van der Waals surface area contributed by atoms with Gasteiger partial charge in [0.15, 0.2) is 6.29 Å². The van der Waals surface area contributed by atoms with Crippen LogP contribution in [0.5, 0.6) is 0 Å². The molecule has 1 heterocycles. The van der Waals surface area contributed by atoms with Crippen molar-refractivity contribution in [2.45, 2.75) is 89.8 Å². The Morgan fingerprint density at radius 1 is 0.864 bits per heavy atom. The zero-order valence-electron chi connectivity index (χ0n) is 14.1. The van der Waals surface area contributed by atoms with Crippen LogP contribution in [0.4, 0.5) is 0 Å². The van der Waals surface area contributed by atoms with Crippen molar-refractivity contribution in [1.82, 2.24) is 0 Å². The van der Waals surface area contributed by atoms with Crippen LogP contribution in [-0.4, -0.2) is 19.5 Å². The van der Waals surface area contributed by atoms with E-state index in [0.717, 1.165) is 51.7 Å². The van der Waals surface area contributed by atoms with Gasteiger partial charge < -0.3 is 9.47 Å². The first-order valence-electron chi connectivity index (χ1n) is 9.06. The van der Waals surface area contributed by atoms with Gasteiger partial charge in [0, 0.05) is 32.5 Å². The van der Waals surface area contributed by atoms with Crippen molar-refractivity contribution in [3.05, 3.63) is 0 Å². The van der Waals surface area contributed by atoms with Crippen molar-refractivity contribution >= 4 is 0 Å². The van der Waals surface area contributed by atoms with Crippen LogP contribution in [0, 0.1) is 24.2 Å². The van der Waals surface area contributed by atoms with Crippen LogP contribution < -0.4 is 0 Å². The van der Waals surface area contributed by atoms with Gasteiger partial charge in [-0.2, -0.15) is 0 Å². The predicted octanol–water partition coefficient (Wildman–Crippen LogP) is 5.07. The van der Waals surface area contributed by atoms with Crippen molar-refractivity contribution in [2.24, 2.45) is 0 Å². The van der Waals surface area contributed by atoms with Gasteiger partial charge in [-0.15, -0.1) is 24.2 Å². The van der Waals surface area contributed by atoms with E-state index in [-0.39, 0.29) is 6.29 Å². The van der Waals surface area contributed by atoms with Gasteiger partial charge in [-0.05, 0) is 44.9 Å². The van der Waals surface area contributed by atoms with Gasteiger partial charge in [0.25, 0.3) is 0 Å². The van der Waals surface area contributed by atoms with E-state index in [2.05, 4.69) is 17.8 Å². The van der Waals surface area contributed by atoms with Crippen molar-refractivity contribution < 1.29 is 9.47 Å². The van der Waals surface area contributed by atoms with Gasteiger partial charge in [0.1, 0.15) is 0 Å². The normalized spacial score (nSPS) is 17.5. The highest BCUT2D eigenvalue weighted by atomic mass is 16.7. The summed E-state index contributed by atoms with van der Waals surface area (Å²) in [7, 11) is 0. The second-order valence-electron chi connectivity index (χ2n) is 5.95. The standard InChI is InChI=1S/C20H32O2/c1-2-3-4-5-6-7-8-9-10-11-12-13-15-18-21-20-17-14-16-19-22-20/h1,20H,3-9,12-19H2. The highest BCUT2D eigenvalue weighted by Gasteiger charge is 2.12. The molecule has 0 aromatic rings. The molecule has 0 aromatic carbocycles. The lowest BCUT2D eigenvalue weighted by atomic mass is 10.1. The summed E-state index contributed by atoms with van der Waals surface area (Å²) in [6.07, 6.45) is 20.2. The number of hydrogen-bond acceptors (Lipinski definition) is 2. The number of hydrogen-bond donors (Lipinski definition) is 0. The van der Waals surface area contributed by atoms with Crippen LogP contribution >= 0.6 is 0 Å². The fourth-order valence-corrected chi connectivity index (χ4v) is 2.52. The molecule has 22 heavy (non-hydrogen) atoms. The van der Waals surface area contributed by atoms with E-state index in [0.29, 0.717) is 0 Å². The van der Waals surface area contributed by atoms with Crippen LogP contribution in [0.25, 0.3) is 0 Å². The van der Waals surface area contributed by atoms with E-state index in [1.165, 1.54) is 44.9 Å². The van der Waals surface area contributed by atoms with Gasteiger partial charge in [-0.3, -0.25) is 0 Å². The molecule has 0 aliphatic carbocycles. The van der Waals surface area contributed by atoms with Crippen molar-refractivity contribution in [3.8, 4) is 24.2 Å². The molecule has 1 aliphatic rings. The fourth-order valence-electron chi connectivity index (χ4n) is 2.52. The van der Waals surface area contributed by atoms with Crippen LogP contribution in [0.2, 0.25) is 0 Å². The van der Waals surface area contributed by atoms with E-state index in [1.54, 1.807) is 0 Å². The number of ether oxygens (including phenoxy) is 2. The molecule has 0 radical (unpaired) electrons. The van der Waals surface area contributed by atoms with E-state index < -0.39 is 0 Å². The zero-order chi connectivity index (χ0) is 15.7. The molecule has 1 unspecified atom stereocenters. The molecule has 1 atom stereocenters. The van der Waals surface area contributed by atoms with Gasteiger partial charge in [-0.25, -0.2) is 0 Å². The third-order valence-corrected chi connectivity index (χ3v) is 3.89. The minimum Gasteiger partial charge on any atom is -0.353 e. The Labute approximate surface area is 137 Å². The first kappa shape index (κ1) is 19.1. The van der Waals surface area contributed by atoms with E-state index in [4.69, 9.17) is 15.9 Å². The van der Waals surface area contributed by atoms with Crippen molar-refractivity contribution in [3.63, 3.8) is 0 Å².